The summed E-state index contributed by atoms with van der Waals surface area (Å²) in [5.41, 5.74) is 1.59. The molecule has 160 valence electrons. The molecule has 0 saturated carbocycles. The predicted octanol–water partition coefficient (Wildman–Crippen LogP) is 5.79. The minimum atomic E-state index is -0.395. The van der Waals surface area contributed by atoms with Gasteiger partial charge in [0, 0.05) is 18.2 Å². The van der Waals surface area contributed by atoms with Crippen molar-refractivity contribution in [3.8, 4) is 11.5 Å². The van der Waals surface area contributed by atoms with E-state index in [1.807, 2.05) is 13.8 Å². The van der Waals surface area contributed by atoms with Crippen LogP contribution in [-0.4, -0.2) is 25.0 Å². The zero-order valence-corrected chi connectivity index (χ0v) is 18.7. The van der Waals surface area contributed by atoms with E-state index >= 15 is 0 Å². The van der Waals surface area contributed by atoms with E-state index in [9.17, 15) is 9.59 Å². The van der Waals surface area contributed by atoms with Gasteiger partial charge in [-0.3, -0.25) is 9.59 Å². The maximum absolute atomic E-state index is 12.3. The van der Waals surface area contributed by atoms with Crippen LogP contribution in [0.4, 0.5) is 11.4 Å². The van der Waals surface area contributed by atoms with Crippen LogP contribution < -0.4 is 20.1 Å². The summed E-state index contributed by atoms with van der Waals surface area (Å²) in [7, 11) is 1.52. The van der Waals surface area contributed by atoms with E-state index in [4.69, 9.17) is 32.7 Å². The summed E-state index contributed by atoms with van der Waals surface area (Å²) in [4.78, 5) is 23.9. The lowest BCUT2D eigenvalue weighted by atomic mass is 10.1. The van der Waals surface area contributed by atoms with Gasteiger partial charge in [-0.1, -0.05) is 30.1 Å². The number of nitrogens with one attached hydrogen (secondary N) is 2. The Morgan fingerprint density at radius 3 is 2.47 bits per heavy atom. The van der Waals surface area contributed by atoms with E-state index in [1.165, 1.54) is 13.2 Å². The van der Waals surface area contributed by atoms with Gasteiger partial charge < -0.3 is 20.1 Å². The van der Waals surface area contributed by atoms with E-state index < -0.39 is 5.91 Å². The number of halogens is 2. The Kier molecular flexibility index (Phi) is 8.57. The molecule has 2 N–H and O–H groups in total. The molecule has 6 nitrogen and oxygen atoms in total. The maximum Gasteiger partial charge on any atom is 0.248 e. The van der Waals surface area contributed by atoms with Gasteiger partial charge in [0.2, 0.25) is 11.8 Å². The Morgan fingerprint density at radius 2 is 1.83 bits per heavy atom. The number of methoxy groups -OCH3 is 1. The molecule has 2 aromatic rings. The van der Waals surface area contributed by atoms with E-state index in [1.54, 1.807) is 43.3 Å². The quantitative estimate of drug-likeness (QED) is 0.498. The first-order valence-electron chi connectivity index (χ1n) is 9.36. The molecule has 0 aliphatic heterocycles. The Morgan fingerprint density at radius 1 is 1.10 bits per heavy atom. The molecule has 0 atom stereocenters. The van der Waals surface area contributed by atoms with E-state index in [2.05, 4.69) is 10.6 Å². The summed E-state index contributed by atoms with van der Waals surface area (Å²) >= 11 is 12.5. The van der Waals surface area contributed by atoms with Crippen molar-refractivity contribution in [3.05, 3.63) is 52.0 Å². The highest BCUT2D eigenvalue weighted by molar-refractivity contribution is 6.34. The van der Waals surface area contributed by atoms with Crippen LogP contribution in [0.25, 0.3) is 6.08 Å². The molecule has 8 heteroatoms. The number of carbonyl (C=O) groups excluding carboxylic acids is 2. The molecular weight excluding hydrogens is 427 g/mol. The lowest BCUT2D eigenvalue weighted by molar-refractivity contribution is -0.116. The molecule has 2 rings (SSSR count). The zero-order valence-electron chi connectivity index (χ0n) is 17.2. The Balaban J connectivity index is 2.16. The maximum atomic E-state index is 12.3. The fraction of sp³-hybridized carbons (Fsp3) is 0.273. The van der Waals surface area contributed by atoms with Gasteiger partial charge in [-0.05, 0) is 55.8 Å². The van der Waals surface area contributed by atoms with Gasteiger partial charge in [0.1, 0.15) is 0 Å². The number of hydrogen-bond donors (Lipinski definition) is 2. The number of carbonyl (C=O) groups is 2. The van der Waals surface area contributed by atoms with Crippen molar-refractivity contribution in [1.82, 2.24) is 0 Å². The molecule has 0 aliphatic rings. The molecule has 0 spiro atoms. The van der Waals surface area contributed by atoms with Crippen molar-refractivity contribution in [2.75, 3.05) is 17.7 Å². The molecule has 30 heavy (non-hydrogen) atoms. The third kappa shape index (κ3) is 6.68. The van der Waals surface area contributed by atoms with Crippen LogP contribution in [0.2, 0.25) is 10.0 Å². The first kappa shape index (κ1) is 23.6. The first-order valence-corrected chi connectivity index (χ1v) is 10.1. The second kappa shape index (κ2) is 10.9. The first-order chi connectivity index (χ1) is 14.2. The predicted molar refractivity (Wildman–Crippen MR) is 122 cm³/mol. The minimum absolute atomic E-state index is 0.0637. The van der Waals surface area contributed by atoms with Crippen molar-refractivity contribution < 1.29 is 19.1 Å². The van der Waals surface area contributed by atoms with Crippen molar-refractivity contribution in [1.29, 1.82) is 0 Å². The lowest BCUT2D eigenvalue weighted by Crippen LogP contribution is -2.11. The van der Waals surface area contributed by atoms with Crippen LogP contribution in [0.1, 0.15) is 32.8 Å². The number of benzene rings is 2. The van der Waals surface area contributed by atoms with Crippen LogP contribution >= 0.6 is 23.2 Å². The number of ether oxygens (including phenoxy) is 2. The number of rotatable bonds is 8. The van der Waals surface area contributed by atoms with Crippen LogP contribution in [0.15, 0.2) is 36.4 Å². The number of amides is 2. The van der Waals surface area contributed by atoms with Crippen LogP contribution in [0.3, 0.4) is 0 Å². The van der Waals surface area contributed by atoms with Gasteiger partial charge in [0.25, 0.3) is 0 Å². The van der Waals surface area contributed by atoms with E-state index in [-0.39, 0.29) is 12.0 Å². The van der Waals surface area contributed by atoms with Crippen LogP contribution in [0.5, 0.6) is 11.5 Å². The minimum Gasteiger partial charge on any atom is -0.493 e. The molecular formula is C22H24Cl2N2O4. The van der Waals surface area contributed by atoms with Gasteiger partial charge in [-0.15, -0.1) is 0 Å². The summed E-state index contributed by atoms with van der Waals surface area (Å²) in [6, 6.07) is 8.26. The van der Waals surface area contributed by atoms with E-state index in [0.29, 0.717) is 44.9 Å². The summed E-state index contributed by atoms with van der Waals surface area (Å²) in [6.45, 7) is 5.53. The summed E-state index contributed by atoms with van der Waals surface area (Å²) in [5, 5.41) is 6.15. The molecule has 0 aliphatic carbocycles. The highest BCUT2D eigenvalue weighted by Gasteiger charge is 2.13. The SMILES string of the molecule is CCC(=O)Nc1ccc(Cl)c(NC(=O)/C=C/c2cc(Cl)c(OC(C)C)c(OC)c2)c1. The smallest absolute Gasteiger partial charge is 0.248 e. The van der Waals surface area contributed by atoms with Crippen LogP contribution in [-0.2, 0) is 9.59 Å². The number of anilines is 2. The third-order valence-electron chi connectivity index (χ3n) is 3.86. The summed E-state index contributed by atoms with van der Waals surface area (Å²) in [6.07, 6.45) is 3.23. The van der Waals surface area contributed by atoms with Crippen molar-refractivity contribution in [2.24, 2.45) is 0 Å². The number of hydrogen-bond acceptors (Lipinski definition) is 4. The lowest BCUT2D eigenvalue weighted by Gasteiger charge is -2.15. The van der Waals surface area contributed by atoms with Gasteiger partial charge >= 0.3 is 0 Å². The molecule has 0 unspecified atom stereocenters. The summed E-state index contributed by atoms with van der Waals surface area (Å²) < 4.78 is 11.0. The second-order valence-electron chi connectivity index (χ2n) is 6.62. The van der Waals surface area contributed by atoms with Gasteiger partial charge in [-0.2, -0.15) is 0 Å². The Hall–Kier alpha value is -2.70. The highest BCUT2D eigenvalue weighted by Crippen LogP contribution is 2.37. The monoisotopic (exact) mass is 450 g/mol. The highest BCUT2D eigenvalue weighted by atomic mass is 35.5. The normalized spacial score (nSPS) is 10.9. The standard InChI is InChI=1S/C22H24Cl2N2O4/c1-5-20(27)25-15-7-8-16(23)18(12-15)26-21(28)9-6-14-10-17(24)22(30-13(2)3)19(11-14)29-4/h6-13H,5H2,1-4H3,(H,25,27)(H,26,28)/b9-6+. The molecule has 0 fully saturated rings. The fourth-order valence-corrected chi connectivity index (χ4v) is 2.91. The fourth-order valence-electron chi connectivity index (χ4n) is 2.48. The molecule has 0 aromatic heterocycles. The zero-order chi connectivity index (χ0) is 22.3. The van der Waals surface area contributed by atoms with Gasteiger partial charge in [-0.25, -0.2) is 0 Å². The third-order valence-corrected chi connectivity index (χ3v) is 4.47. The van der Waals surface area contributed by atoms with Crippen molar-refractivity contribution in [2.45, 2.75) is 33.3 Å². The molecule has 0 bridgehead atoms. The van der Waals surface area contributed by atoms with Crippen LogP contribution in [0, 0.1) is 0 Å². The molecule has 0 heterocycles. The molecule has 2 aromatic carbocycles. The summed E-state index contributed by atoms with van der Waals surface area (Å²) in [5.74, 6) is 0.394. The average molecular weight is 451 g/mol. The molecule has 2 amide bonds. The Bertz CT molecular complexity index is 958. The average Bonchev–Trinajstić information content (AvgIpc) is 2.70. The molecule has 0 saturated heterocycles. The van der Waals surface area contributed by atoms with E-state index in [0.717, 1.165) is 0 Å². The largest absolute Gasteiger partial charge is 0.493 e. The van der Waals surface area contributed by atoms with Crippen molar-refractivity contribution >= 4 is 52.5 Å². The van der Waals surface area contributed by atoms with Crippen molar-refractivity contribution in [3.63, 3.8) is 0 Å². The Labute approximate surface area is 186 Å². The second-order valence-corrected chi connectivity index (χ2v) is 7.43. The van der Waals surface area contributed by atoms with Gasteiger partial charge in [0.15, 0.2) is 11.5 Å². The molecule has 0 radical (unpaired) electrons. The topological polar surface area (TPSA) is 76.7 Å². The van der Waals surface area contributed by atoms with Gasteiger partial charge in [0.05, 0.1) is 28.9 Å².